The predicted octanol–water partition coefficient (Wildman–Crippen LogP) is 2.78. The van der Waals surface area contributed by atoms with Crippen LogP contribution in [0.3, 0.4) is 0 Å². The maximum absolute atomic E-state index is 12.4. The Balaban J connectivity index is 1.50. The number of anilines is 1. The van der Waals surface area contributed by atoms with Crippen molar-refractivity contribution in [2.45, 2.75) is 45.1 Å². The van der Waals surface area contributed by atoms with Gasteiger partial charge in [-0.3, -0.25) is 9.59 Å². The van der Waals surface area contributed by atoms with Crippen LogP contribution in [0.15, 0.2) is 22.8 Å². The molecule has 1 aliphatic heterocycles. The van der Waals surface area contributed by atoms with Crippen LogP contribution in [0.1, 0.15) is 49.4 Å². The Hall–Kier alpha value is -2.22. The van der Waals surface area contributed by atoms with E-state index in [9.17, 15) is 9.59 Å². The van der Waals surface area contributed by atoms with Crippen LogP contribution in [0.25, 0.3) is 0 Å². The monoisotopic (exact) mass is 348 g/mol. The lowest BCUT2D eigenvalue weighted by Crippen LogP contribution is -2.31. The third-order valence-electron chi connectivity index (χ3n) is 4.03. The summed E-state index contributed by atoms with van der Waals surface area (Å²) in [5, 5.41) is 11.9. The fourth-order valence-corrected chi connectivity index (χ4v) is 3.53. The van der Waals surface area contributed by atoms with Crippen molar-refractivity contribution < 1.29 is 14.0 Å². The molecule has 1 saturated heterocycles. The number of aromatic nitrogens is 2. The number of hydrogen-bond acceptors (Lipinski definition) is 6. The Bertz CT molecular complexity index is 698. The van der Waals surface area contributed by atoms with Gasteiger partial charge in [-0.15, -0.1) is 10.2 Å². The Labute approximate surface area is 144 Å². The zero-order valence-corrected chi connectivity index (χ0v) is 14.3. The average molecular weight is 348 g/mol. The normalized spacial score (nSPS) is 17.2. The minimum Gasteiger partial charge on any atom is -0.467 e. The van der Waals surface area contributed by atoms with E-state index >= 15 is 0 Å². The number of likely N-dealkylation sites (tertiary alicyclic amines) is 1. The van der Waals surface area contributed by atoms with Crippen molar-refractivity contribution in [3.05, 3.63) is 29.2 Å². The van der Waals surface area contributed by atoms with Crippen LogP contribution in [0, 0.1) is 0 Å². The molecule has 1 aliphatic rings. The maximum atomic E-state index is 12.4. The van der Waals surface area contributed by atoms with Gasteiger partial charge in [-0.05, 0) is 31.4 Å². The summed E-state index contributed by atoms with van der Waals surface area (Å²) < 4.78 is 5.43. The predicted molar refractivity (Wildman–Crippen MR) is 89.5 cm³/mol. The highest BCUT2D eigenvalue weighted by molar-refractivity contribution is 7.15. The summed E-state index contributed by atoms with van der Waals surface area (Å²) in [6.45, 7) is 2.69. The lowest BCUT2D eigenvalue weighted by molar-refractivity contribution is -0.134. The third kappa shape index (κ3) is 3.81. The Morgan fingerprint density at radius 2 is 2.29 bits per heavy atom. The Morgan fingerprint density at radius 3 is 3.00 bits per heavy atom. The molecule has 8 heteroatoms. The van der Waals surface area contributed by atoms with Crippen LogP contribution in [0.4, 0.5) is 5.13 Å². The van der Waals surface area contributed by atoms with E-state index in [1.807, 2.05) is 24.0 Å². The number of amides is 2. The van der Waals surface area contributed by atoms with Crippen molar-refractivity contribution in [2.24, 2.45) is 0 Å². The van der Waals surface area contributed by atoms with Crippen LogP contribution in [0.2, 0.25) is 0 Å². The molecule has 0 bridgehead atoms. The van der Waals surface area contributed by atoms with Crippen LogP contribution in [-0.2, 0) is 16.0 Å². The number of hydrogen-bond donors (Lipinski definition) is 1. The zero-order valence-electron chi connectivity index (χ0n) is 13.5. The third-order valence-corrected chi connectivity index (χ3v) is 5.01. The van der Waals surface area contributed by atoms with Gasteiger partial charge in [-0.2, -0.15) is 0 Å². The van der Waals surface area contributed by atoms with Gasteiger partial charge in [0.1, 0.15) is 10.8 Å². The van der Waals surface area contributed by atoms with Gasteiger partial charge in [0.25, 0.3) is 0 Å². The second kappa shape index (κ2) is 7.57. The number of aryl methyl sites for hydroxylation is 1. The fourth-order valence-electron chi connectivity index (χ4n) is 2.83. The minimum atomic E-state index is -0.212. The lowest BCUT2D eigenvalue weighted by atomic mass is 10.1. The molecule has 1 unspecified atom stereocenters. The van der Waals surface area contributed by atoms with Crippen LogP contribution < -0.4 is 5.32 Å². The second-order valence-corrected chi connectivity index (χ2v) is 6.73. The highest BCUT2D eigenvalue weighted by Gasteiger charge is 2.31. The molecule has 1 N–H and O–H groups in total. The number of furan rings is 1. The first-order valence-electron chi connectivity index (χ1n) is 8.12. The maximum Gasteiger partial charge on any atom is 0.226 e. The van der Waals surface area contributed by atoms with E-state index in [0.29, 0.717) is 11.7 Å². The molecule has 0 aromatic carbocycles. The summed E-state index contributed by atoms with van der Waals surface area (Å²) in [5.74, 6) is 0.581. The molecule has 2 amide bonds. The van der Waals surface area contributed by atoms with E-state index < -0.39 is 0 Å². The van der Waals surface area contributed by atoms with Crippen molar-refractivity contribution in [2.75, 3.05) is 11.9 Å². The number of carbonyl (C=O) groups excluding carboxylic acids is 2. The van der Waals surface area contributed by atoms with Crippen LogP contribution >= 0.6 is 11.3 Å². The molecular weight excluding hydrogens is 328 g/mol. The molecule has 0 aliphatic carbocycles. The summed E-state index contributed by atoms with van der Waals surface area (Å²) in [4.78, 5) is 26.2. The molecule has 2 aromatic rings. The first-order valence-corrected chi connectivity index (χ1v) is 8.94. The molecule has 0 saturated carbocycles. The summed E-state index contributed by atoms with van der Waals surface area (Å²) in [5.41, 5.74) is 0. The molecular formula is C16H20N4O3S. The van der Waals surface area contributed by atoms with E-state index in [0.717, 1.165) is 30.0 Å². The molecule has 3 rings (SSSR count). The Morgan fingerprint density at radius 1 is 1.42 bits per heavy atom. The molecule has 1 atom stereocenters. The minimum absolute atomic E-state index is 0.00848. The van der Waals surface area contributed by atoms with E-state index in [1.165, 1.54) is 11.3 Å². The van der Waals surface area contributed by atoms with Gasteiger partial charge in [0.05, 0.1) is 12.3 Å². The lowest BCUT2D eigenvalue weighted by Gasteiger charge is -2.23. The van der Waals surface area contributed by atoms with E-state index in [-0.39, 0.29) is 30.7 Å². The smallest absolute Gasteiger partial charge is 0.226 e. The van der Waals surface area contributed by atoms with E-state index in [2.05, 4.69) is 15.5 Å². The molecule has 7 nitrogen and oxygen atoms in total. The average Bonchev–Trinajstić information content (AvgIpc) is 3.31. The quantitative estimate of drug-likeness (QED) is 0.867. The molecule has 2 aromatic heterocycles. The van der Waals surface area contributed by atoms with Crippen LogP contribution in [-0.4, -0.2) is 33.5 Å². The van der Waals surface area contributed by atoms with Gasteiger partial charge in [0, 0.05) is 19.4 Å². The first kappa shape index (κ1) is 16.6. The summed E-state index contributed by atoms with van der Waals surface area (Å²) in [6.07, 6.45) is 4.58. The van der Waals surface area contributed by atoms with Crippen molar-refractivity contribution in [1.82, 2.24) is 15.1 Å². The fraction of sp³-hybridized carbons (Fsp3) is 0.500. The molecule has 0 radical (unpaired) electrons. The highest BCUT2D eigenvalue weighted by atomic mass is 32.1. The number of nitrogens with one attached hydrogen (secondary N) is 1. The molecule has 24 heavy (non-hydrogen) atoms. The number of carbonyl (C=O) groups is 2. The van der Waals surface area contributed by atoms with Gasteiger partial charge < -0.3 is 14.6 Å². The standard InChI is InChI=1S/C16H20N4O3S/c1-2-14-18-19-16(24-14)17-13(21)7-8-15(22)20-9-3-5-11(20)12-6-4-10-23-12/h4,6,10-11H,2-3,5,7-9H2,1H3,(H,17,19,21). The molecule has 3 heterocycles. The molecule has 0 spiro atoms. The summed E-state index contributed by atoms with van der Waals surface area (Å²) in [7, 11) is 0. The van der Waals surface area contributed by atoms with Crippen molar-refractivity contribution in [3.63, 3.8) is 0 Å². The Kier molecular flexibility index (Phi) is 5.24. The van der Waals surface area contributed by atoms with Gasteiger partial charge in [-0.25, -0.2) is 0 Å². The topological polar surface area (TPSA) is 88.3 Å². The van der Waals surface area contributed by atoms with Gasteiger partial charge >= 0.3 is 0 Å². The van der Waals surface area contributed by atoms with E-state index in [1.54, 1.807) is 6.26 Å². The van der Waals surface area contributed by atoms with Gasteiger partial charge in [0.15, 0.2) is 0 Å². The van der Waals surface area contributed by atoms with Crippen molar-refractivity contribution >= 4 is 28.3 Å². The first-order chi connectivity index (χ1) is 11.7. The molecule has 1 fully saturated rings. The van der Waals surface area contributed by atoms with Crippen molar-refractivity contribution in [1.29, 1.82) is 0 Å². The summed E-state index contributed by atoms with van der Waals surface area (Å²) in [6, 6.07) is 3.71. The zero-order chi connectivity index (χ0) is 16.9. The number of rotatable bonds is 6. The largest absolute Gasteiger partial charge is 0.467 e. The van der Waals surface area contributed by atoms with Gasteiger partial charge in [0.2, 0.25) is 16.9 Å². The highest BCUT2D eigenvalue weighted by Crippen LogP contribution is 2.32. The second-order valence-electron chi connectivity index (χ2n) is 5.66. The van der Waals surface area contributed by atoms with Crippen LogP contribution in [0.5, 0.6) is 0 Å². The van der Waals surface area contributed by atoms with Gasteiger partial charge in [-0.1, -0.05) is 18.3 Å². The van der Waals surface area contributed by atoms with E-state index in [4.69, 9.17) is 4.42 Å². The SMILES string of the molecule is CCc1nnc(NC(=O)CCC(=O)N2CCCC2c2ccco2)s1. The summed E-state index contributed by atoms with van der Waals surface area (Å²) >= 11 is 1.36. The van der Waals surface area contributed by atoms with Crippen molar-refractivity contribution in [3.8, 4) is 0 Å². The number of nitrogens with zero attached hydrogens (tertiary/aromatic N) is 3. The molecule has 128 valence electrons.